The second-order valence-corrected chi connectivity index (χ2v) is 9.67. The number of hydrogen-bond donors (Lipinski definition) is 2. The third-order valence-corrected chi connectivity index (χ3v) is 6.29. The van der Waals surface area contributed by atoms with E-state index in [1.165, 1.54) is 36.7 Å². The highest BCUT2D eigenvalue weighted by Gasteiger charge is 2.24. The van der Waals surface area contributed by atoms with Crippen LogP contribution in [0.15, 0.2) is 30.5 Å². The zero-order valence-corrected chi connectivity index (χ0v) is 18.6. The molecule has 2 aromatic heterocycles. The lowest BCUT2D eigenvalue weighted by atomic mass is 9.85. The third-order valence-electron chi connectivity index (χ3n) is 5.39. The van der Waals surface area contributed by atoms with E-state index in [2.05, 4.69) is 96.8 Å². The van der Waals surface area contributed by atoms with Crippen molar-refractivity contribution >= 4 is 44.4 Å². The lowest BCUT2D eigenvalue weighted by molar-refractivity contribution is 0.591. The van der Waals surface area contributed by atoms with Gasteiger partial charge in [-0.05, 0) is 82.2 Å². The third kappa shape index (κ3) is 3.16. The number of aromatic nitrogens is 4. The van der Waals surface area contributed by atoms with Crippen LogP contribution in [-0.4, -0.2) is 20.4 Å². The highest BCUT2D eigenvalue weighted by atomic mass is 127. The Kier molecular flexibility index (Phi) is 4.53. The highest BCUT2D eigenvalue weighted by molar-refractivity contribution is 14.1. The molecule has 0 saturated heterocycles. The van der Waals surface area contributed by atoms with Gasteiger partial charge in [-0.2, -0.15) is 10.2 Å². The van der Waals surface area contributed by atoms with Gasteiger partial charge in [0.1, 0.15) is 0 Å². The van der Waals surface area contributed by atoms with E-state index in [1.807, 2.05) is 6.20 Å². The zero-order valence-electron chi connectivity index (χ0n) is 16.4. The molecule has 4 aromatic rings. The number of H-pyrrole nitrogens is 2. The summed E-state index contributed by atoms with van der Waals surface area (Å²) in [7, 11) is 0. The summed E-state index contributed by atoms with van der Waals surface area (Å²) in [4.78, 5) is 0. The molecule has 1 unspecified atom stereocenters. The summed E-state index contributed by atoms with van der Waals surface area (Å²) in [5, 5.41) is 17.8. The number of rotatable bonds is 3. The Morgan fingerprint density at radius 3 is 2.59 bits per heavy atom. The molecule has 5 heteroatoms. The molecule has 27 heavy (non-hydrogen) atoms. The Morgan fingerprint density at radius 1 is 1.07 bits per heavy atom. The molecule has 0 aliphatic heterocycles. The molecule has 1 atom stereocenters. The molecule has 0 saturated carbocycles. The second kappa shape index (κ2) is 6.62. The summed E-state index contributed by atoms with van der Waals surface area (Å²) in [5.74, 6) is 0.368. The van der Waals surface area contributed by atoms with Gasteiger partial charge in [0.25, 0.3) is 0 Å². The van der Waals surface area contributed by atoms with Crippen molar-refractivity contribution in [2.45, 2.75) is 52.4 Å². The van der Waals surface area contributed by atoms with Crippen molar-refractivity contribution in [1.29, 1.82) is 0 Å². The number of nitrogens with zero attached hydrogens (tertiary/aromatic N) is 2. The first-order valence-corrected chi connectivity index (χ1v) is 10.4. The van der Waals surface area contributed by atoms with Crippen LogP contribution in [0.2, 0.25) is 0 Å². The molecule has 0 amide bonds. The standard InChI is InChI=1S/C22H25IN4/c1-12-6-9-17-15(11-24-25-17)19(12)13(2)10-18-14-7-8-16(23)20(22(3,4)5)21(14)27-26-18/h6-9,11,13H,10H2,1-5H3,(H,24,25)(H,26,27). The maximum absolute atomic E-state index is 4.72. The molecule has 0 spiro atoms. The molecule has 2 aromatic carbocycles. The molecule has 2 N–H and O–H groups in total. The van der Waals surface area contributed by atoms with E-state index in [1.54, 1.807) is 0 Å². The molecule has 4 nitrogen and oxygen atoms in total. The summed E-state index contributed by atoms with van der Waals surface area (Å²) < 4.78 is 1.28. The van der Waals surface area contributed by atoms with Gasteiger partial charge in [0.15, 0.2) is 0 Å². The fraction of sp³-hybridized carbons (Fsp3) is 0.364. The van der Waals surface area contributed by atoms with Crippen LogP contribution in [0.1, 0.15) is 56.0 Å². The lowest BCUT2D eigenvalue weighted by Gasteiger charge is -2.21. The van der Waals surface area contributed by atoms with Crippen molar-refractivity contribution in [3.05, 3.63) is 56.4 Å². The monoisotopic (exact) mass is 472 g/mol. The average molecular weight is 472 g/mol. The normalized spacial score (nSPS) is 13.6. The van der Waals surface area contributed by atoms with Crippen molar-refractivity contribution in [1.82, 2.24) is 20.4 Å². The molecule has 0 bridgehead atoms. The lowest BCUT2D eigenvalue weighted by Crippen LogP contribution is -2.14. The molecular formula is C22H25IN4. The largest absolute Gasteiger partial charge is 0.281 e. The van der Waals surface area contributed by atoms with Crippen molar-refractivity contribution in [2.75, 3.05) is 0 Å². The van der Waals surface area contributed by atoms with Gasteiger partial charge in [-0.1, -0.05) is 33.8 Å². The minimum Gasteiger partial charge on any atom is -0.281 e. The number of aromatic amines is 2. The predicted molar refractivity (Wildman–Crippen MR) is 120 cm³/mol. The number of nitrogens with one attached hydrogen (secondary N) is 2. The highest BCUT2D eigenvalue weighted by Crippen LogP contribution is 2.36. The van der Waals surface area contributed by atoms with Crippen LogP contribution in [0.4, 0.5) is 0 Å². The maximum Gasteiger partial charge on any atom is 0.0971 e. The van der Waals surface area contributed by atoms with Crippen LogP contribution in [0.3, 0.4) is 0 Å². The predicted octanol–water partition coefficient (Wildman–Crippen LogP) is 6.00. The summed E-state index contributed by atoms with van der Waals surface area (Å²) in [6.07, 6.45) is 2.87. The summed E-state index contributed by atoms with van der Waals surface area (Å²) in [5.41, 5.74) is 7.47. The fourth-order valence-corrected chi connectivity index (χ4v) is 5.43. The summed E-state index contributed by atoms with van der Waals surface area (Å²) in [6.45, 7) is 11.2. The number of benzene rings is 2. The van der Waals surface area contributed by atoms with Crippen LogP contribution in [0, 0.1) is 10.5 Å². The Balaban J connectivity index is 1.78. The number of aryl methyl sites for hydroxylation is 1. The quantitative estimate of drug-likeness (QED) is 0.360. The molecule has 140 valence electrons. The molecule has 0 fully saturated rings. The van der Waals surface area contributed by atoms with Gasteiger partial charge < -0.3 is 0 Å². The van der Waals surface area contributed by atoms with Crippen molar-refractivity contribution in [3.63, 3.8) is 0 Å². The van der Waals surface area contributed by atoms with Gasteiger partial charge in [0, 0.05) is 20.0 Å². The average Bonchev–Trinajstić information content (AvgIpc) is 3.20. The smallest absolute Gasteiger partial charge is 0.0971 e. The number of hydrogen-bond acceptors (Lipinski definition) is 2. The van der Waals surface area contributed by atoms with Gasteiger partial charge >= 0.3 is 0 Å². The van der Waals surface area contributed by atoms with Gasteiger partial charge in [0.05, 0.1) is 17.2 Å². The minimum absolute atomic E-state index is 0.0626. The summed E-state index contributed by atoms with van der Waals surface area (Å²) in [6, 6.07) is 8.72. The van der Waals surface area contributed by atoms with Crippen LogP contribution in [-0.2, 0) is 11.8 Å². The molecule has 2 heterocycles. The fourth-order valence-electron chi connectivity index (χ4n) is 4.19. The van der Waals surface area contributed by atoms with E-state index < -0.39 is 0 Å². The molecule has 0 aliphatic rings. The van der Waals surface area contributed by atoms with E-state index in [9.17, 15) is 0 Å². The first-order valence-electron chi connectivity index (χ1n) is 9.36. The minimum atomic E-state index is 0.0626. The van der Waals surface area contributed by atoms with Crippen LogP contribution in [0.25, 0.3) is 21.8 Å². The Bertz CT molecular complexity index is 1130. The SMILES string of the molecule is Cc1ccc2[nH]ncc2c1C(C)Cc1[nH]nc2c(C(C)(C)C)c(I)ccc12. The molecule has 0 radical (unpaired) electrons. The van der Waals surface area contributed by atoms with Gasteiger partial charge in [-0.3, -0.25) is 10.2 Å². The molecule has 4 rings (SSSR count). The van der Waals surface area contributed by atoms with Crippen molar-refractivity contribution in [3.8, 4) is 0 Å². The van der Waals surface area contributed by atoms with Crippen LogP contribution >= 0.6 is 22.6 Å². The van der Waals surface area contributed by atoms with E-state index in [0.717, 1.165) is 17.5 Å². The van der Waals surface area contributed by atoms with Crippen LogP contribution < -0.4 is 0 Å². The Morgan fingerprint density at radius 2 is 1.85 bits per heavy atom. The van der Waals surface area contributed by atoms with Gasteiger partial charge in [-0.25, -0.2) is 0 Å². The van der Waals surface area contributed by atoms with E-state index >= 15 is 0 Å². The van der Waals surface area contributed by atoms with Crippen molar-refractivity contribution < 1.29 is 0 Å². The van der Waals surface area contributed by atoms with E-state index in [4.69, 9.17) is 5.10 Å². The number of fused-ring (bicyclic) bond motifs is 2. The Labute approximate surface area is 173 Å². The first-order chi connectivity index (χ1) is 12.8. The molecular weight excluding hydrogens is 447 g/mol. The molecule has 0 aliphatic carbocycles. The summed E-state index contributed by atoms with van der Waals surface area (Å²) >= 11 is 2.43. The topological polar surface area (TPSA) is 57.4 Å². The maximum atomic E-state index is 4.72. The van der Waals surface area contributed by atoms with Crippen molar-refractivity contribution in [2.24, 2.45) is 0 Å². The zero-order chi connectivity index (χ0) is 19.3. The van der Waals surface area contributed by atoms with Gasteiger partial charge in [0.2, 0.25) is 0 Å². The van der Waals surface area contributed by atoms with E-state index in [-0.39, 0.29) is 5.41 Å². The van der Waals surface area contributed by atoms with E-state index in [0.29, 0.717) is 5.92 Å². The first kappa shape index (κ1) is 18.5. The van der Waals surface area contributed by atoms with Crippen LogP contribution in [0.5, 0.6) is 0 Å². The number of halogens is 1. The second-order valence-electron chi connectivity index (χ2n) is 8.50. The Hall–Kier alpha value is -1.89. The van der Waals surface area contributed by atoms with Gasteiger partial charge in [-0.15, -0.1) is 0 Å².